The van der Waals surface area contributed by atoms with Crippen molar-refractivity contribution >= 4 is 17.6 Å². The molecule has 0 bridgehead atoms. The number of carboxylic acid groups (broad SMARTS) is 1. The summed E-state index contributed by atoms with van der Waals surface area (Å²) in [7, 11) is 0. The summed E-state index contributed by atoms with van der Waals surface area (Å²) in [5, 5.41) is 8.70. The highest BCUT2D eigenvalue weighted by molar-refractivity contribution is 6.33. The Kier molecular flexibility index (Phi) is 4.09. The molecule has 0 heterocycles. The molecule has 7 heteroatoms. The molecule has 21 heavy (non-hydrogen) atoms. The molecule has 0 aliphatic rings. The van der Waals surface area contributed by atoms with Crippen molar-refractivity contribution in [3.8, 4) is 11.5 Å². The van der Waals surface area contributed by atoms with Gasteiger partial charge in [-0.1, -0.05) is 23.7 Å². The van der Waals surface area contributed by atoms with Crippen molar-refractivity contribution in [2.24, 2.45) is 0 Å². The topological polar surface area (TPSA) is 46.5 Å². The molecule has 0 saturated carbocycles. The Hall–Kier alpha value is -2.21. The molecule has 0 atom stereocenters. The van der Waals surface area contributed by atoms with Crippen molar-refractivity contribution < 1.29 is 27.8 Å². The Morgan fingerprint density at radius 2 is 1.81 bits per heavy atom. The molecule has 0 saturated heterocycles. The van der Waals surface area contributed by atoms with E-state index in [2.05, 4.69) is 0 Å². The first-order valence-electron chi connectivity index (χ1n) is 5.66. The van der Waals surface area contributed by atoms with Gasteiger partial charge in [-0.2, -0.15) is 13.2 Å². The Labute approximate surface area is 122 Å². The maximum atomic E-state index is 12.8. The molecule has 3 nitrogen and oxygen atoms in total. The number of benzene rings is 2. The molecule has 0 fully saturated rings. The standard InChI is InChI=1S/C14H8ClF3O3/c15-11-7-8(5-6-9(11)13(19)20)21-12-4-2-1-3-10(12)14(16,17)18/h1-7H,(H,19,20). The van der Waals surface area contributed by atoms with Crippen molar-refractivity contribution in [2.45, 2.75) is 6.18 Å². The molecule has 110 valence electrons. The summed E-state index contributed by atoms with van der Waals surface area (Å²) in [6, 6.07) is 8.26. The van der Waals surface area contributed by atoms with E-state index in [4.69, 9.17) is 21.4 Å². The smallest absolute Gasteiger partial charge is 0.419 e. The first-order chi connectivity index (χ1) is 9.79. The number of para-hydroxylation sites is 1. The highest BCUT2D eigenvalue weighted by Crippen LogP contribution is 2.38. The van der Waals surface area contributed by atoms with Crippen LogP contribution in [0.3, 0.4) is 0 Å². The zero-order chi connectivity index (χ0) is 15.6. The van der Waals surface area contributed by atoms with Crippen LogP contribution < -0.4 is 4.74 Å². The molecule has 2 aromatic carbocycles. The van der Waals surface area contributed by atoms with Crippen molar-refractivity contribution in [2.75, 3.05) is 0 Å². The molecule has 0 unspecified atom stereocenters. The van der Waals surface area contributed by atoms with E-state index < -0.39 is 17.7 Å². The Morgan fingerprint density at radius 1 is 1.14 bits per heavy atom. The molecule has 0 amide bonds. The van der Waals surface area contributed by atoms with Gasteiger partial charge in [0.2, 0.25) is 0 Å². The number of carbonyl (C=O) groups is 1. The zero-order valence-corrected chi connectivity index (χ0v) is 11.1. The largest absolute Gasteiger partial charge is 0.478 e. The minimum Gasteiger partial charge on any atom is -0.478 e. The number of ether oxygens (including phenoxy) is 1. The molecule has 0 aromatic heterocycles. The van der Waals surface area contributed by atoms with E-state index >= 15 is 0 Å². The average molecular weight is 317 g/mol. The lowest BCUT2D eigenvalue weighted by Gasteiger charge is -2.13. The first-order valence-corrected chi connectivity index (χ1v) is 6.04. The van der Waals surface area contributed by atoms with Gasteiger partial charge in [0.1, 0.15) is 11.5 Å². The summed E-state index contributed by atoms with van der Waals surface area (Å²) in [4.78, 5) is 10.8. The lowest BCUT2D eigenvalue weighted by atomic mass is 10.2. The van der Waals surface area contributed by atoms with Crippen LogP contribution in [-0.2, 0) is 6.18 Å². The third kappa shape index (κ3) is 3.46. The van der Waals surface area contributed by atoms with Crippen LogP contribution in [0.2, 0.25) is 5.02 Å². The second-order valence-electron chi connectivity index (χ2n) is 4.04. The van der Waals surface area contributed by atoms with Gasteiger partial charge in [-0.25, -0.2) is 4.79 Å². The fourth-order valence-corrected chi connectivity index (χ4v) is 1.90. The van der Waals surface area contributed by atoms with Gasteiger partial charge >= 0.3 is 12.1 Å². The lowest BCUT2D eigenvalue weighted by molar-refractivity contribution is -0.138. The van der Waals surface area contributed by atoms with Gasteiger partial charge in [-0.05, 0) is 24.3 Å². The van der Waals surface area contributed by atoms with Gasteiger partial charge in [-0.3, -0.25) is 0 Å². The quantitative estimate of drug-likeness (QED) is 0.880. The summed E-state index contributed by atoms with van der Waals surface area (Å²) in [6.45, 7) is 0. The molecule has 0 aliphatic heterocycles. The van der Waals surface area contributed by atoms with Crippen molar-refractivity contribution in [1.29, 1.82) is 0 Å². The predicted molar refractivity (Wildman–Crippen MR) is 69.9 cm³/mol. The van der Waals surface area contributed by atoms with E-state index in [-0.39, 0.29) is 22.1 Å². The van der Waals surface area contributed by atoms with Crippen molar-refractivity contribution in [3.05, 3.63) is 58.6 Å². The maximum absolute atomic E-state index is 12.8. The molecule has 1 N–H and O–H groups in total. The molecule has 0 radical (unpaired) electrons. The number of aromatic carboxylic acids is 1. The highest BCUT2D eigenvalue weighted by Gasteiger charge is 2.34. The second-order valence-corrected chi connectivity index (χ2v) is 4.45. The Balaban J connectivity index is 2.35. The van der Waals surface area contributed by atoms with Crippen LogP contribution >= 0.6 is 11.6 Å². The lowest BCUT2D eigenvalue weighted by Crippen LogP contribution is -2.06. The van der Waals surface area contributed by atoms with Crippen molar-refractivity contribution in [1.82, 2.24) is 0 Å². The van der Waals surface area contributed by atoms with E-state index in [0.29, 0.717) is 0 Å². The first kappa shape index (κ1) is 15.2. The number of hydrogen-bond donors (Lipinski definition) is 1. The zero-order valence-electron chi connectivity index (χ0n) is 10.3. The number of hydrogen-bond acceptors (Lipinski definition) is 2. The molecule has 0 spiro atoms. The average Bonchev–Trinajstić information content (AvgIpc) is 2.37. The molecular weight excluding hydrogens is 309 g/mol. The number of alkyl halides is 3. The molecular formula is C14H8ClF3O3. The summed E-state index contributed by atoms with van der Waals surface area (Å²) in [5.41, 5.74) is -1.09. The Bertz CT molecular complexity index is 683. The minimum atomic E-state index is -4.55. The maximum Gasteiger partial charge on any atom is 0.419 e. The van der Waals surface area contributed by atoms with Crippen LogP contribution in [0.4, 0.5) is 13.2 Å². The van der Waals surface area contributed by atoms with Crippen LogP contribution in [0, 0.1) is 0 Å². The van der Waals surface area contributed by atoms with Crippen LogP contribution in [0.5, 0.6) is 11.5 Å². The van der Waals surface area contributed by atoms with Gasteiger partial charge in [0.25, 0.3) is 0 Å². The van der Waals surface area contributed by atoms with Crippen LogP contribution in [0.25, 0.3) is 0 Å². The highest BCUT2D eigenvalue weighted by atomic mass is 35.5. The summed E-state index contributed by atoms with van der Waals surface area (Å²) < 4.78 is 43.6. The summed E-state index contributed by atoms with van der Waals surface area (Å²) in [6.07, 6.45) is -4.55. The van der Waals surface area contributed by atoms with E-state index in [1.807, 2.05) is 0 Å². The molecule has 2 aromatic rings. The van der Waals surface area contributed by atoms with E-state index in [1.165, 1.54) is 24.3 Å². The minimum absolute atomic E-state index is 0.0155. The van der Waals surface area contributed by atoms with E-state index in [1.54, 1.807) is 0 Å². The van der Waals surface area contributed by atoms with Crippen LogP contribution in [0.15, 0.2) is 42.5 Å². The Morgan fingerprint density at radius 3 is 2.38 bits per heavy atom. The van der Waals surface area contributed by atoms with Gasteiger partial charge in [0.05, 0.1) is 16.1 Å². The molecule has 2 rings (SSSR count). The van der Waals surface area contributed by atoms with Crippen LogP contribution in [-0.4, -0.2) is 11.1 Å². The van der Waals surface area contributed by atoms with Gasteiger partial charge < -0.3 is 9.84 Å². The SMILES string of the molecule is O=C(O)c1ccc(Oc2ccccc2C(F)(F)F)cc1Cl. The van der Waals surface area contributed by atoms with Crippen LogP contribution in [0.1, 0.15) is 15.9 Å². The van der Waals surface area contributed by atoms with Gasteiger partial charge in [0, 0.05) is 6.07 Å². The normalized spacial score (nSPS) is 11.2. The number of halogens is 4. The third-order valence-corrected chi connectivity index (χ3v) is 2.90. The predicted octanol–water partition coefficient (Wildman–Crippen LogP) is 4.85. The summed E-state index contributed by atoms with van der Waals surface area (Å²) in [5.74, 6) is -1.60. The monoisotopic (exact) mass is 316 g/mol. The number of carboxylic acids is 1. The van der Waals surface area contributed by atoms with E-state index in [0.717, 1.165) is 18.2 Å². The molecule has 0 aliphatic carbocycles. The third-order valence-electron chi connectivity index (χ3n) is 2.59. The summed E-state index contributed by atoms with van der Waals surface area (Å²) >= 11 is 5.74. The fourth-order valence-electron chi connectivity index (χ4n) is 1.65. The van der Waals surface area contributed by atoms with Crippen molar-refractivity contribution in [3.63, 3.8) is 0 Å². The number of rotatable bonds is 3. The van der Waals surface area contributed by atoms with E-state index in [9.17, 15) is 18.0 Å². The van der Waals surface area contributed by atoms with Gasteiger partial charge in [0.15, 0.2) is 0 Å². The fraction of sp³-hybridized carbons (Fsp3) is 0.0714. The second kappa shape index (κ2) is 5.65. The van der Waals surface area contributed by atoms with Gasteiger partial charge in [-0.15, -0.1) is 0 Å².